The predicted octanol–water partition coefficient (Wildman–Crippen LogP) is -0.388. The number of aliphatic hydroxyl groups is 1. The van der Waals surface area contributed by atoms with Gasteiger partial charge in [0.2, 0.25) is 10.0 Å². The molecule has 1 aromatic rings. The predicted molar refractivity (Wildman–Crippen MR) is 55.8 cm³/mol. The lowest BCUT2D eigenvalue weighted by molar-refractivity contribution is 0.265. The maximum absolute atomic E-state index is 11.7. The number of sulfonamides is 1. The van der Waals surface area contributed by atoms with Crippen LogP contribution in [0.3, 0.4) is 0 Å². The zero-order chi connectivity index (χ0) is 12.2. The van der Waals surface area contributed by atoms with E-state index in [4.69, 9.17) is 10.4 Å². The van der Waals surface area contributed by atoms with Crippen LogP contribution in [0, 0.1) is 11.3 Å². The van der Waals surface area contributed by atoms with Crippen molar-refractivity contribution < 1.29 is 13.5 Å². The zero-order valence-electron chi connectivity index (χ0n) is 8.58. The third kappa shape index (κ3) is 3.00. The SMILES string of the molecule is C[C@H](CO)NS(=O)(=O)c1ccc(C#N)nc1. The number of aliphatic hydroxyl groups excluding tert-OH is 1. The minimum Gasteiger partial charge on any atom is -0.395 e. The number of rotatable bonds is 4. The van der Waals surface area contributed by atoms with Crippen molar-refractivity contribution >= 4 is 10.0 Å². The maximum atomic E-state index is 11.7. The highest BCUT2D eigenvalue weighted by molar-refractivity contribution is 7.89. The fraction of sp³-hybridized carbons (Fsp3) is 0.333. The fourth-order valence-corrected chi connectivity index (χ4v) is 2.15. The summed E-state index contributed by atoms with van der Waals surface area (Å²) in [4.78, 5) is 3.62. The average Bonchev–Trinajstić information content (AvgIpc) is 2.28. The first-order valence-electron chi connectivity index (χ1n) is 4.49. The Morgan fingerprint density at radius 2 is 2.31 bits per heavy atom. The van der Waals surface area contributed by atoms with E-state index in [-0.39, 0.29) is 17.2 Å². The normalized spacial score (nSPS) is 13.1. The topological polar surface area (TPSA) is 103 Å². The molecular weight excluding hydrogens is 230 g/mol. The van der Waals surface area contributed by atoms with Crippen LogP contribution in [0.15, 0.2) is 23.2 Å². The summed E-state index contributed by atoms with van der Waals surface area (Å²) in [7, 11) is -3.68. The van der Waals surface area contributed by atoms with Crippen LogP contribution in [0.4, 0.5) is 0 Å². The molecule has 2 N–H and O–H groups in total. The molecule has 86 valence electrons. The van der Waals surface area contributed by atoms with Gasteiger partial charge >= 0.3 is 0 Å². The lowest BCUT2D eigenvalue weighted by atomic mass is 10.4. The Morgan fingerprint density at radius 1 is 1.62 bits per heavy atom. The summed E-state index contributed by atoms with van der Waals surface area (Å²) in [5, 5.41) is 17.2. The van der Waals surface area contributed by atoms with Crippen LogP contribution >= 0.6 is 0 Å². The lowest BCUT2D eigenvalue weighted by Gasteiger charge is -2.10. The summed E-state index contributed by atoms with van der Waals surface area (Å²) >= 11 is 0. The van der Waals surface area contributed by atoms with E-state index in [2.05, 4.69) is 9.71 Å². The summed E-state index contributed by atoms with van der Waals surface area (Å²) in [6.07, 6.45) is 1.10. The van der Waals surface area contributed by atoms with Crippen LogP contribution in [0.5, 0.6) is 0 Å². The minimum absolute atomic E-state index is 0.0354. The fourth-order valence-electron chi connectivity index (χ4n) is 0.976. The number of nitrogens with zero attached hydrogens (tertiary/aromatic N) is 2. The van der Waals surface area contributed by atoms with Crippen LogP contribution in [-0.4, -0.2) is 31.2 Å². The number of hydrogen-bond acceptors (Lipinski definition) is 5. The van der Waals surface area contributed by atoms with Crippen LogP contribution in [0.1, 0.15) is 12.6 Å². The van der Waals surface area contributed by atoms with Crippen molar-refractivity contribution in [2.24, 2.45) is 0 Å². The van der Waals surface area contributed by atoms with Crippen molar-refractivity contribution in [1.29, 1.82) is 5.26 Å². The lowest BCUT2D eigenvalue weighted by Crippen LogP contribution is -2.35. The Labute approximate surface area is 93.6 Å². The van der Waals surface area contributed by atoms with Gasteiger partial charge in [-0.05, 0) is 19.1 Å². The quantitative estimate of drug-likeness (QED) is 0.747. The van der Waals surface area contributed by atoms with E-state index in [0.29, 0.717) is 0 Å². The van der Waals surface area contributed by atoms with Gasteiger partial charge in [-0.3, -0.25) is 0 Å². The first-order chi connectivity index (χ1) is 7.49. The molecule has 0 saturated heterocycles. The van der Waals surface area contributed by atoms with Crippen molar-refractivity contribution in [3.05, 3.63) is 24.0 Å². The van der Waals surface area contributed by atoms with E-state index in [1.165, 1.54) is 19.1 Å². The molecule has 0 spiro atoms. The number of nitriles is 1. The second kappa shape index (κ2) is 5.03. The minimum atomic E-state index is -3.68. The standard InChI is InChI=1S/C9H11N3O3S/c1-7(6-13)12-16(14,15)9-3-2-8(4-10)11-5-9/h2-3,5,7,12-13H,6H2,1H3/t7-/m1/s1. The van der Waals surface area contributed by atoms with E-state index in [0.717, 1.165) is 6.20 Å². The van der Waals surface area contributed by atoms with Crippen molar-refractivity contribution in [3.63, 3.8) is 0 Å². The van der Waals surface area contributed by atoms with Gasteiger partial charge < -0.3 is 5.11 Å². The molecule has 0 aliphatic carbocycles. The first-order valence-corrected chi connectivity index (χ1v) is 5.97. The van der Waals surface area contributed by atoms with Crippen molar-refractivity contribution in [1.82, 2.24) is 9.71 Å². The molecule has 0 saturated carbocycles. The maximum Gasteiger partial charge on any atom is 0.242 e. The van der Waals surface area contributed by atoms with Gasteiger partial charge in [0.05, 0.1) is 6.61 Å². The Balaban J connectivity index is 2.95. The number of pyridine rings is 1. The molecule has 0 aliphatic rings. The molecule has 1 atom stereocenters. The first kappa shape index (κ1) is 12.6. The summed E-state index contributed by atoms with van der Waals surface area (Å²) in [6, 6.07) is 3.83. The molecule has 0 amide bonds. The highest BCUT2D eigenvalue weighted by atomic mass is 32.2. The van der Waals surface area contributed by atoms with E-state index in [9.17, 15) is 8.42 Å². The van der Waals surface area contributed by atoms with Crippen LogP contribution < -0.4 is 4.72 Å². The summed E-state index contributed by atoms with van der Waals surface area (Å²) in [5.41, 5.74) is 0.147. The molecule has 6 nitrogen and oxygen atoms in total. The second-order valence-electron chi connectivity index (χ2n) is 3.20. The van der Waals surface area contributed by atoms with Gasteiger partial charge in [-0.2, -0.15) is 5.26 Å². The highest BCUT2D eigenvalue weighted by Crippen LogP contribution is 2.07. The molecule has 16 heavy (non-hydrogen) atoms. The van der Waals surface area contributed by atoms with Gasteiger partial charge in [-0.1, -0.05) is 0 Å². The van der Waals surface area contributed by atoms with Crippen molar-refractivity contribution in [2.75, 3.05) is 6.61 Å². The van der Waals surface area contributed by atoms with Crippen LogP contribution in [0.2, 0.25) is 0 Å². The van der Waals surface area contributed by atoms with Crippen molar-refractivity contribution in [2.45, 2.75) is 17.9 Å². The second-order valence-corrected chi connectivity index (χ2v) is 4.91. The van der Waals surface area contributed by atoms with Gasteiger partial charge in [0.1, 0.15) is 16.7 Å². The molecule has 7 heteroatoms. The monoisotopic (exact) mass is 241 g/mol. The Kier molecular flexibility index (Phi) is 3.95. The highest BCUT2D eigenvalue weighted by Gasteiger charge is 2.16. The van der Waals surface area contributed by atoms with Gasteiger partial charge in [-0.25, -0.2) is 18.1 Å². The van der Waals surface area contributed by atoms with Gasteiger partial charge in [-0.15, -0.1) is 0 Å². The Morgan fingerprint density at radius 3 is 2.75 bits per heavy atom. The zero-order valence-corrected chi connectivity index (χ0v) is 9.40. The number of hydrogen-bond donors (Lipinski definition) is 2. The molecule has 0 aromatic carbocycles. The van der Waals surface area contributed by atoms with Gasteiger partial charge in [0.15, 0.2) is 0 Å². The number of aromatic nitrogens is 1. The van der Waals surface area contributed by atoms with E-state index >= 15 is 0 Å². The van der Waals surface area contributed by atoms with E-state index in [1.807, 2.05) is 0 Å². The van der Waals surface area contributed by atoms with Crippen LogP contribution in [0.25, 0.3) is 0 Å². The molecule has 0 fully saturated rings. The van der Waals surface area contributed by atoms with Gasteiger partial charge in [0, 0.05) is 12.2 Å². The third-order valence-electron chi connectivity index (χ3n) is 1.79. The summed E-state index contributed by atoms with van der Waals surface area (Å²) in [6.45, 7) is 1.25. The molecule has 1 heterocycles. The van der Waals surface area contributed by atoms with E-state index < -0.39 is 16.1 Å². The smallest absolute Gasteiger partial charge is 0.242 e. The summed E-state index contributed by atoms with van der Waals surface area (Å²) in [5.74, 6) is 0. The van der Waals surface area contributed by atoms with Crippen LogP contribution in [-0.2, 0) is 10.0 Å². The third-order valence-corrected chi connectivity index (χ3v) is 3.37. The molecule has 0 aliphatic heterocycles. The molecule has 1 rings (SSSR count). The Hall–Kier alpha value is -1.49. The summed E-state index contributed by atoms with van der Waals surface area (Å²) < 4.78 is 25.6. The van der Waals surface area contributed by atoms with E-state index in [1.54, 1.807) is 6.07 Å². The Bertz CT molecular complexity index is 490. The molecule has 0 bridgehead atoms. The largest absolute Gasteiger partial charge is 0.395 e. The number of nitrogens with one attached hydrogen (secondary N) is 1. The molecule has 1 aromatic heterocycles. The molecular formula is C9H11N3O3S. The van der Waals surface area contributed by atoms with Gasteiger partial charge in [0.25, 0.3) is 0 Å². The molecule has 0 radical (unpaired) electrons. The average molecular weight is 241 g/mol. The van der Waals surface area contributed by atoms with Crippen molar-refractivity contribution in [3.8, 4) is 6.07 Å². The molecule has 0 unspecified atom stereocenters.